The lowest BCUT2D eigenvalue weighted by atomic mass is 9.97. The number of carbonyl (C=O) groups excluding carboxylic acids is 4. The van der Waals surface area contributed by atoms with Gasteiger partial charge in [0.25, 0.3) is 17.5 Å². The SMILES string of the molecule is CCCc1c(C(=O)C(N)=O)c2c(C(=O)C(=O)OC)cccc2n1Cc1ccccc1-c1ccccc1. The van der Waals surface area contributed by atoms with Crippen molar-refractivity contribution in [2.24, 2.45) is 5.73 Å². The van der Waals surface area contributed by atoms with Crippen LogP contribution in [0.15, 0.2) is 72.8 Å². The van der Waals surface area contributed by atoms with Crippen LogP contribution in [0.25, 0.3) is 22.0 Å². The molecule has 2 N–H and O–H groups in total. The number of hydrogen-bond donors (Lipinski definition) is 1. The standard InChI is InChI=1S/C29H26N2O5/c1-3-10-22-25(27(33)28(30)34)24-21(26(32)29(35)36-2)15-9-16-23(24)31(22)17-19-13-7-8-14-20(19)18-11-5-4-6-12-18/h4-9,11-16H,3,10,17H2,1-2H3,(H2,30,34). The second-order valence-corrected chi connectivity index (χ2v) is 8.39. The Morgan fingerprint density at radius 3 is 2.22 bits per heavy atom. The molecule has 7 nitrogen and oxygen atoms in total. The zero-order valence-corrected chi connectivity index (χ0v) is 20.1. The van der Waals surface area contributed by atoms with Crippen LogP contribution < -0.4 is 5.73 Å². The number of amides is 1. The first kappa shape index (κ1) is 24.6. The Bertz CT molecular complexity index is 1480. The van der Waals surface area contributed by atoms with Crippen molar-refractivity contribution >= 4 is 34.3 Å². The van der Waals surface area contributed by atoms with Gasteiger partial charge in [-0.15, -0.1) is 0 Å². The van der Waals surface area contributed by atoms with E-state index in [1.165, 1.54) is 6.07 Å². The highest BCUT2D eigenvalue weighted by Gasteiger charge is 2.30. The van der Waals surface area contributed by atoms with Crippen LogP contribution in [0.4, 0.5) is 0 Å². The zero-order chi connectivity index (χ0) is 25.8. The van der Waals surface area contributed by atoms with E-state index in [1.807, 2.05) is 66.1 Å². The van der Waals surface area contributed by atoms with Gasteiger partial charge in [-0.25, -0.2) is 4.79 Å². The van der Waals surface area contributed by atoms with E-state index in [1.54, 1.807) is 12.1 Å². The molecular weight excluding hydrogens is 456 g/mol. The van der Waals surface area contributed by atoms with E-state index < -0.39 is 23.4 Å². The maximum atomic E-state index is 13.1. The minimum absolute atomic E-state index is 0.00334. The maximum absolute atomic E-state index is 13.1. The smallest absolute Gasteiger partial charge is 0.379 e. The number of nitrogens with zero attached hydrogens (tertiary/aromatic N) is 1. The van der Waals surface area contributed by atoms with Gasteiger partial charge in [-0.3, -0.25) is 14.4 Å². The van der Waals surface area contributed by atoms with Crippen molar-refractivity contribution in [3.63, 3.8) is 0 Å². The molecule has 1 amide bonds. The van der Waals surface area contributed by atoms with E-state index in [0.29, 0.717) is 30.6 Å². The van der Waals surface area contributed by atoms with Gasteiger partial charge in [0.05, 0.1) is 18.2 Å². The summed E-state index contributed by atoms with van der Waals surface area (Å²) in [6.45, 7) is 2.33. The molecule has 0 saturated heterocycles. The summed E-state index contributed by atoms with van der Waals surface area (Å²) in [5.74, 6) is -3.98. The van der Waals surface area contributed by atoms with Gasteiger partial charge in [-0.1, -0.05) is 74.0 Å². The quantitative estimate of drug-likeness (QED) is 0.217. The first-order valence-electron chi connectivity index (χ1n) is 11.6. The maximum Gasteiger partial charge on any atom is 0.379 e. The van der Waals surface area contributed by atoms with Crippen molar-refractivity contribution < 1.29 is 23.9 Å². The highest BCUT2D eigenvalue weighted by Crippen LogP contribution is 2.34. The molecule has 0 spiro atoms. The van der Waals surface area contributed by atoms with Crippen molar-refractivity contribution in [2.75, 3.05) is 7.11 Å². The lowest BCUT2D eigenvalue weighted by Crippen LogP contribution is -2.25. The molecule has 0 saturated carbocycles. The molecule has 0 aliphatic heterocycles. The third-order valence-corrected chi connectivity index (χ3v) is 6.18. The molecule has 0 aliphatic rings. The number of ether oxygens (including phenoxy) is 1. The normalized spacial score (nSPS) is 10.8. The average molecular weight is 483 g/mol. The third-order valence-electron chi connectivity index (χ3n) is 6.18. The van der Waals surface area contributed by atoms with Gasteiger partial charge in [0, 0.05) is 23.2 Å². The monoisotopic (exact) mass is 482 g/mol. The summed E-state index contributed by atoms with van der Waals surface area (Å²) in [7, 11) is 1.12. The van der Waals surface area contributed by atoms with Gasteiger partial charge in [0.15, 0.2) is 0 Å². The second-order valence-electron chi connectivity index (χ2n) is 8.39. The highest BCUT2D eigenvalue weighted by molar-refractivity contribution is 6.48. The van der Waals surface area contributed by atoms with Gasteiger partial charge >= 0.3 is 5.97 Å². The minimum Gasteiger partial charge on any atom is -0.463 e. The fraction of sp³-hybridized carbons (Fsp3) is 0.172. The first-order chi connectivity index (χ1) is 17.4. The van der Waals surface area contributed by atoms with Crippen LogP contribution in [0.1, 0.15) is 45.3 Å². The summed E-state index contributed by atoms with van der Waals surface area (Å²) in [4.78, 5) is 50.2. The second kappa shape index (κ2) is 10.4. The molecule has 0 unspecified atom stereocenters. The highest BCUT2D eigenvalue weighted by atomic mass is 16.5. The minimum atomic E-state index is -1.13. The largest absolute Gasteiger partial charge is 0.463 e. The van der Waals surface area contributed by atoms with Gasteiger partial charge in [-0.05, 0) is 35.2 Å². The number of Topliss-reactive ketones (excluding diaryl/α,β-unsaturated/α-hetero) is 2. The lowest BCUT2D eigenvalue weighted by molar-refractivity contribution is -0.135. The van der Waals surface area contributed by atoms with Gasteiger partial charge in [0.2, 0.25) is 0 Å². The van der Waals surface area contributed by atoms with Crippen LogP contribution in [-0.4, -0.2) is 35.1 Å². The number of rotatable bonds is 9. The molecule has 0 radical (unpaired) electrons. The average Bonchev–Trinajstić information content (AvgIpc) is 3.21. The van der Waals surface area contributed by atoms with E-state index in [-0.39, 0.29) is 16.5 Å². The Kier molecular flexibility index (Phi) is 7.10. The molecule has 4 rings (SSSR count). The molecule has 4 aromatic rings. The Morgan fingerprint density at radius 2 is 1.56 bits per heavy atom. The van der Waals surface area contributed by atoms with Crippen LogP contribution in [0.5, 0.6) is 0 Å². The fourth-order valence-corrected chi connectivity index (χ4v) is 4.62. The molecule has 0 fully saturated rings. The Labute approximate surface area is 208 Å². The molecule has 7 heteroatoms. The van der Waals surface area contributed by atoms with Crippen LogP contribution in [0.3, 0.4) is 0 Å². The van der Waals surface area contributed by atoms with Gasteiger partial charge in [-0.2, -0.15) is 0 Å². The Balaban J connectivity index is 2.02. The number of primary amides is 1. The van der Waals surface area contributed by atoms with Crippen molar-refractivity contribution in [2.45, 2.75) is 26.3 Å². The fourth-order valence-electron chi connectivity index (χ4n) is 4.62. The molecule has 0 atom stereocenters. The number of fused-ring (bicyclic) bond motifs is 1. The number of aromatic nitrogens is 1. The number of benzene rings is 3. The summed E-state index contributed by atoms with van der Waals surface area (Å²) in [6.07, 6.45) is 1.14. The predicted octanol–water partition coefficient (Wildman–Crippen LogP) is 4.33. The van der Waals surface area contributed by atoms with Crippen LogP contribution in [0.2, 0.25) is 0 Å². The molecule has 1 aromatic heterocycles. The van der Waals surface area contributed by atoms with E-state index in [0.717, 1.165) is 23.8 Å². The number of methoxy groups -OCH3 is 1. The summed E-state index contributed by atoms with van der Waals surface area (Å²) in [6, 6.07) is 22.7. The molecule has 182 valence electrons. The summed E-state index contributed by atoms with van der Waals surface area (Å²) >= 11 is 0. The molecule has 1 heterocycles. The lowest BCUT2D eigenvalue weighted by Gasteiger charge is -2.15. The number of carbonyl (C=O) groups is 4. The van der Waals surface area contributed by atoms with Crippen LogP contribution in [0, 0.1) is 0 Å². The number of nitrogens with two attached hydrogens (primary N) is 1. The third kappa shape index (κ3) is 4.43. The molecule has 0 aliphatic carbocycles. The Hall–Kier alpha value is -4.52. The van der Waals surface area contributed by atoms with E-state index in [2.05, 4.69) is 4.74 Å². The first-order valence-corrected chi connectivity index (χ1v) is 11.6. The molecule has 0 bridgehead atoms. The van der Waals surface area contributed by atoms with Crippen LogP contribution >= 0.6 is 0 Å². The number of hydrogen-bond acceptors (Lipinski definition) is 5. The van der Waals surface area contributed by atoms with Crippen LogP contribution in [-0.2, 0) is 27.3 Å². The van der Waals surface area contributed by atoms with Gasteiger partial charge in [0.1, 0.15) is 0 Å². The molecular formula is C29H26N2O5. The number of ketones is 2. The molecule has 3 aromatic carbocycles. The summed E-state index contributed by atoms with van der Waals surface area (Å²) < 4.78 is 6.57. The van der Waals surface area contributed by atoms with E-state index in [4.69, 9.17) is 5.73 Å². The summed E-state index contributed by atoms with van der Waals surface area (Å²) in [5, 5.41) is 0.234. The van der Waals surface area contributed by atoms with Gasteiger partial charge < -0.3 is 15.0 Å². The Morgan fingerprint density at radius 1 is 0.861 bits per heavy atom. The molecule has 36 heavy (non-hydrogen) atoms. The zero-order valence-electron chi connectivity index (χ0n) is 20.1. The topological polar surface area (TPSA) is 108 Å². The number of esters is 1. The van der Waals surface area contributed by atoms with E-state index >= 15 is 0 Å². The van der Waals surface area contributed by atoms with Crippen molar-refractivity contribution in [3.05, 3.63) is 95.2 Å². The van der Waals surface area contributed by atoms with E-state index in [9.17, 15) is 19.2 Å². The predicted molar refractivity (Wildman–Crippen MR) is 137 cm³/mol. The van der Waals surface area contributed by atoms with Crippen molar-refractivity contribution in [1.29, 1.82) is 0 Å². The van der Waals surface area contributed by atoms with Crippen molar-refractivity contribution in [3.8, 4) is 11.1 Å². The summed E-state index contributed by atoms with van der Waals surface area (Å²) in [5.41, 5.74) is 9.67. The van der Waals surface area contributed by atoms with Crippen molar-refractivity contribution in [1.82, 2.24) is 4.57 Å².